The van der Waals surface area contributed by atoms with Crippen molar-refractivity contribution >= 4 is 23.5 Å². The van der Waals surface area contributed by atoms with Crippen LogP contribution in [-0.4, -0.2) is 75.5 Å². The maximum atomic E-state index is 12.6. The molecule has 0 spiro atoms. The highest BCUT2D eigenvalue weighted by Gasteiger charge is 2.41. The lowest BCUT2D eigenvalue weighted by Crippen LogP contribution is -2.58. The van der Waals surface area contributed by atoms with Gasteiger partial charge in [0, 0.05) is 55.8 Å². The van der Waals surface area contributed by atoms with Gasteiger partial charge in [-0.1, -0.05) is 6.92 Å². The number of piperidine rings is 2. The summed E-state index contributed by atoms with van der Waals surface area (Å²) in [4.78, 5) is 26.5. The number of rotatable bonds is 7. The van der Waals surface area contributed by atoms with E-state index < -0.39 is 0 Å². The second kappa shape index (κ2) is 9.77. The Bertz CT molecular complexity index is 992. The minimum Gasteiger partial charge on any atom is -0.472 e. The third-order valence-corrected chi connectivity index (χ3v) is 7.23. The van der Waals surface area contributed by atoms with Gasteiger partial charge in [0.25, 0.3) is 0 Å². The van der Waals surface area contributed by atoms with Crippen molar-refractivity contribution in [3.05, 3.63) is 17.8 Å². The van der Waals surface area contributed by atoms with Crippen LogP contribution in [0.1, 0.15) is 57.6 Å². The number of nitrogens with zero attached hydrogens (tertiary/aromatic N) is 5. The number of aromatic amines is 1. The number of aryl methyl sites for hydroxylation is 1. The first kappa shape index (κ1) is 22.9. The van der Waals surface area contributed by atoms with Crippen molar-refractivity contribution in [1.82, 2.24) is 25.1 Å². The largest absolute Gasteiger partial charge is 0.472 e. The number of nitrogens with one attached hydrogen (secondary N) is 2. The minimum absolute atomic E-state index is 0.00353. The van der Waals surface area contributed by atoms with Gasteiger partial charge in [-0.3, -0.25) is 9.89 Å². The van der Waals surface area contributed by atoms with E-state index >= 15 is 0 Å². The lowest BCUT2D eigenvalue weighted by molar-refractivity contribution is -0.140. The third-order valence-electron chi connectivity index (χ3n) is 7.23. The Hall–Kier alpha value is -2.88. The van der Waals surface area contributed by atoms with E-state index in [9.17, 15) is 4.79 Å². The number of anilines is 3. The molecule has 10 nitrogen and oxygen atoms in total. The monoisotopic (exact) mass is 469 g/mol. The summed E-state index contributed by atoms with van der Waals surface area (Å²) in [5, 5.41) is 10.5. The number of ether oxygens (including phenoxy) is 2. The van der Waals surface area contributed by atoms with Gasteiger partial charge in [-0.2, -0.15) is 15.1 Å². The number of H-pyrrole nitrogens is 1. The van der Waals surface area contributed by atoms with Gasteiger partial charge in [-0.15, -0.1) is 0 Å². The standard InChI is InChI=1S/C24H35N7O3/c1-4-23(32)31-16-6-5-7-17(31)12-18(11-16)30(3)24-26-20(25-21-10-15(2)28-29-21)13-22(27-24)34-19-8-9-33-14-19/h10,13,16-19H,4-9,11-12,14H2,1-3H3,(H2,25,26,27,28,29)/t16-,17+,18?,19-/m1/s1. The topological polar surface area (TPSA) is 109 Å². The zero-order valence-electron chi connectivity index (χ0n) is 20.3. The zero-order chi connectivity index (χ0) is 23.7. The normalized spacial score (nSPS) is 26.4. The molecule has 3 aliphatic heterocycles. The third kappa shape index (κ3) is 4.82. The number of hydrogen-bond acceptors (Lipinski definition) is 8. The van der Waals surface area contributed by atoms with Crippen molar-refractivity contribution in [3.63, 3.8) is 0 Å². The van der Waals surface area contributed by atoms with Crippen molar-refractivity contribution in [3.8, 4) is 5.88 Å². The van der Waals surface area contributed by atoms with Gasteiger partial charge < -0.3 is 24.6 Å². The summed E-state index contributed by atoms with van der Waals surface area (Å²) in [5.41, 5.74) is 0.966. The lowest BCUT2D eigenvalue weighted by Gasteiger charge is -2.50. The van der Waals surface area contributed by atoms with E-state index in [0.717, 1.165) is 37.8 Å². The summed E-state index contributed by atoms with van der Waals surface area (Å²) in [7, 11) is 2.05. The van der Waals surface area contributed by atoms with Crippen molar-refractivity contribution in [2.45, 2.75) is 83.0 Å². The van der Waals surface area contributed by atoms with Crippen LogP contribution in [0.3, 0.4) is 0 Å². The van der Waals surface area contributed by atoms with Gasteiger partial charge >= 0.3 is 0 Å². The molecular formula is C24H35N7O3. The maximum Gasteiger partial charge on any atom is 0.230 e. The molecule has 5 rings (SSSR count). The van der Waals surface area contributed by atoms with E-state index in [1.165, 1.54) is 6.42 Å². The van der Waals surface area contributed by atoms with Crippen LogP contribution in [0.25, 0.3) is 0 Å². The molecule has 0 saturated carbocycles. The van der Waals surface area contributed by atoms with Crippen molar-refractivity contribution in [1.29, 1.82) is 0 Å². The molecule has 0 radical (unpaired) electrons. The second-order valence-electron chi connectivity index (χ2n) is 9.69. The van der Waals surface area contributed by atoms with Crippen LogP contribution in [0, 0.1) is 6.92 Å². The van der Waals surface area contributed by atoms with Crippen molar-refractivity contribution in [2.75, 3.05) is 30.5 Å². The summed E-state index contributed by atoms with van der Waals surface area (Å²) in [6.07, 6.45) is 6.63. The molecule has 1 amide bonds. The van der Waals surface area contributed by atoms with Crippen LogP contribution < -0.4 is 15.0 Å². The summed E-state index contributed by atoms with van der Waals surface area (Å²) >= 11 is 0. The Morgan fingerprint density at radius 3 is 2.68 bits per heavy atom. The molecule has 2 aromatic heterocycles. The smallest absolute Gasteiger partial charge is 0.230 e. The van der Waals surface area contributed by atoms with Gasteiger partial charge in [-0.25, -0.2) is 0 Å². The van der Waals surface area contributed by atoms with Gasteiger partial charge in [0.05, 0.1) is 13.2 Å². The van der Waals surface area contributed by atoms with E-state index in [-0.39, 0.29) is 18.1 Å². The molecule has 34 heavy (non-hydrogen) atoms. The molecular weight excluding hydrogens is 434 g/mol. The lowest BCUT2D eigenvalue weighted by atomic mass is 9.81. The molecule has 184 valence electrons. The Morgan fingerprint density at radius 2 is 2.03 bits per heavy atom. The van der Waals surface area contributed by atoms with E-state index in [1.807, 2.05) is 26.0 Å². The maximum absolute atomic E-state index is 12.6. The van der Waals surface area contributed by atoms with Crippen LogP contribution in [0.15, 0.2) is 12.1 Å². The number of hydrogen-bond donors (Lipinski definition) is 2. The Balaban J connectivity index is 1.38. The summed E-state index contributed by atoms with van der Waals surface area (Å²) in [6.45, 7) is 5.20. The molecule has 1 unspecified atom stereocenters. The number of carbonyl (C=O) groups excluding carboxylic acids is 1. The summed E-state index contributed by atoms with van der Waals surface area (Å²) in [5.74, 6) is 2.75. The quantitative estimate of drug-likeness (QED) is 0.637. The predicted octanol–water partition coefficient (Wildman–Crippen LogP) is 3.18. The van der Waals surface area contributed by atoms with Crippen molar-refractivity contribution in [2.24, 2.45) is 0 Å². The van der Waals surface area contributed by atoms with Crippen molar-refractivity contribution < 1.29 is 14.3 Å². The van der Waals surface area contributed by atoms with E-state index in [2.05, 4.69) is 32.4 Å². The second-order valence-corrected chi connectivity index (χ2v) is 9.69. The zero-order valence-corrected chi connectivity index (χ0v) is 20.3. The van der Waals surface area contributed by atoms with Crippen LogP contribution in [0.2, 0.25) is 0 Å². The summed E-state index contributed by atoms with van der Waals surface area (Å²) < 4.78 is 11.6. The molecule has 3 fully saturated rings. The van der Waals surface area contributed by atoms with Crippen LogP contribution in [0.5, 0.6) is 5.88 Å². The number of aromatic nitrogens is 4. The molecule has 10 heteroatoms. The number of amides is 1. The highest BCUT2D eigenvalue weighted by molar-refractivity contribution is 5.77. The Labute approximate surface area is 200 Å². The minimum atomic E-state index is -0.00353. The van der Waals surface area contributed by atoms with E-state index in [1.54, 1.807) is 0 Å². The highest BCUT2D eigenvalue weighted by atomic mass is 16.5. The average molecular weight is 470 g/mol. The average Bonchev–Trinajstić information content (AvgIpc) is 3.48. The molecule has 0 aromatic carbocycles. The SMILES string of the molecule is CCC(=O)N1[C@@H]2CCC[C@H]1CC(N(C)c1nc(Nc3cc(C)[nH]n3)cc(O[C@@H]3CCOC3)n1)C2. The molecule has 5 heterocycles. The fourth-order valence-corrected chi connectivity index (χ4v) is 5.51. The van der Waals surface area contributed by atoms with Gasteiger partial charge in [0.15, 0.2) is 5.82 Å². The molecule has 0 aliphatic carbocycles. The summed E-state index contributed by atoms with van der Waals surface area (Å²) in [6, 6.07) is 4.61. The van der Waals surface area contributed by atoms with Gasteiger partial charge in [0.1, 0.15) is 11.9 Å². The van der Waals surface area contributed by atoms with E-state index in [4.69, 9.17) is 19.4 Å². The van der Waals surface area contributed by atoms with Crippen LogP contribution >= 0.6 is 0 Å². The fourth-order valence-electron chi connectivity index (χ4n) is 5.51. The first-order chi connectivity index (χ1) is 16.5. The molecule has 2 N–H and O–H groups in total. The molecule has 3 aliphatic rings. The van der Waals surface area contributed by atoms with Crippen LogP contribution in [-0.2, 0) is 9.53 Å². The van der Waals surface area contributed by atoms with Gasteiger partial charge in [-0.05, 0) is 39.0 Å². The highest BCUT2D eigenvalue weighted by Crippen LogP contribution is 2.37. The van der Waals surface area contributed by atoms with E-state index in [0.29, 0.717) is 55.2 Å². The Kier molecular flexibility index (Phi) is 6.58. The molecule has 2 aromatic rings. The Morgan fingerprint density at radius 1 is 1.24 bits per heavy atom. The number of fused-ring (bicyclic) bond motifs is 2. The van der Waals surface area contributed by atoms with Gasteiger partial charge in [0.2, 0.25) is 17.7 Å². The number of carbonyl (C=O) groups is 1. The molecule has 2 bridgehead atoms. The molecule has 4 atom stereocenters. The predicted molar refractivity (Wildman–Crippen MR) is 128 cm³/mol. The first-order valence-electron chi connectivity index (χ1n) is 12.5. The molecule has 3 saturated heterocycles. The fraction of sp³-hybridized carbons (Fsp3) is 0.667. The van der Waals surface area contributed by atoms with Crippen LogP contribution in [0.4, 0.5) is 17.6 Å². The first-order valence-corrected chi connectivity index (χ1v) is 12.5.